The van der Waals surface area contributed by atoms with Crippen LogP contribution in [0.4, 0.5) is 0 Å². The highest BCUT2D eigenvalue weighted by atomic mass is 32.2. The normalized spacial score (nSPS) is 12.0. The van der Waals surface area contributed by atoms with Crippen molar-refractivity contribution in [1.82, 2.24) is 14.7 Å². The van der Waals surface area contributed by atoms with Gasteiger partial charge in [-0.05, 0) is 25.3 Å². The van der Waals surface area contributed by atoms with Gasteiger partial charge in [0, 0.05) is 11.4 Å². The topological polar surface area (TPSA) is 75.1 Å². The highest BCUT2D eigenvalue weighted by Crippen LogP contribution is 2.20. The smallest absolute Gasteiger partial charge is 0.232 e. The molecule has 1 atom stereocenters. The summed E-state index contributed by atoms with van der Waals surface area (Å²) in [5.41, 5.74) is 3.01. The first-order valence-corrected chi connectivity index (χ1v) is 7.21. The van der Waals surface area contributed by atoms with Crippen LogP contribution in [0.1, 0.15) is 56.4 Å². The molecule has 0 saturated heterocycles. The van der Waals surface area contributed by atoms with Crippen molar-refractivity contribution in [3.63, 3.8) is 0 Å². The zero-order valence-corrected chi connectivity index (χ0v) is 12.8. The minimum absolute atomic E-state index is 0.198. The van der Waals surface area contributed by atoms with Gasteiger partial charge in [-0.1, -0.05) is 27.7 Å². The predicted molar refractivity (Wildman–Crippen MR) is 74.6 cm³/mol. The van der Waals surface area contributed by atoms with Gasteiger partial charge in [-0.25, -0.2) is 18.9 Å². The van der Waals surface area contributed by atoms with E-state index < -0.39 is 11.3 Å². The number of nitrogens with zero attached hydrogens (tertiary/aromatic N) is 2. The second-order valence-corrected chi connectivity index (χ2v) is 4.74. The Morgan fingerprint density at radius 3 is 2.00 bits per heavy atom. The standard InChI is InChI=1S/C10H17N3O2S.C2H6/c1-6(2)10-7(3)12-9(13-8(10)4)5-11-16(14)15;1-2/h6,11H,5H2,1-4H3,(H,14,15);1-2H3. The molecule has 18 heavy (non-hydrogen) atoms. The van der Waals surface area contributed by atoms with E-state index in [1.807, 2.05) is 27.7 Å². The largest absolute Gasteiger partial charge is 0.294 e. The SMILES string of the molecule is CC.Cc1nc(CNS(=O)O)nc(C)c1C(C)C. The van der Waals surface area contributed by atoms with Crippen molar-refractivity contribution >= 4 is 11.3 Å². The van der Waals surface area contributed by atoms with Gasteiger partial charge in [-0.3, -0.25) is 4.55 Å². The molecule has 0 amide bonds. The summed E-state index contributed by atoms with van der Waals surface area (Å²) < 4.78 is 21.4. The fourth-order valence-corrected chi connectivity index (χ4v) is 2.09. The number of nitrogens with one attached hydrogen (secondary N) is 1. The molecule has 1 aromatic heterocycles. The average molecular weight is 273 g/mol. The van der Waals surface area contributed by atoms with E-state index in [0.717, 1.165) is 17.0 Å². The van der Waals surface area contributed by atoms with Crippen LogP contribution in [0.3, 0.4) is 0 Å². The van der Waals surface area contributed by atoms with Gasteiger partial charge < -0.3 is 0 Å². The molecule has 0 bridgehead atoms. The predicted octanol–water partition coefficient (Wildman–Crippen LogP) is 2.47. The molecule has 6 heteroatoms. The number of rotatable bonds is 4. The maximum Gasteiger partial charge on any atom is 0.232 e. The zero-order chi connectivity index (χ0) is 14.3. The molecule has 2 N–H and O–H groups in total. The second kappa shape index (κ2) is 8.29. The molecule has 0 spiro atoms. The highest BCUT2D eigenvalue weighted by Gasteiger charge is 2.11. The first-order chi connectivity index (χ1) is 8.41. The van der Waals surface area contributed by atoms with Gasteiger partial charge in [0.15, 0.2) is 0 Å². The fraction of sp³-hybridized carbons (Fsp3) is 0.667. The van der Waals surface area contributed by atoms with E-state index in [1.54, 1.807) is 0 Å². The first kappa shape index (κ1) is 17.2. The van der Waals surface area contributed by atoms with Gasteiger partial charge in [-0.15, -0.1) is 0 Å². The van der Waals surface area contributed by atoms with Crippen LogP contribution in [0.5, 0.6) is 0 Å². The number of aryl methyl sites for hydroxylation is 2. The van der Waals surface area contributed by atoms with Gasteiger partial charge in [0.2, 0.25) is 11.3 Å². The Morgan fingerprint density at radius 2 is 1.67 bits per heavy atom. The van der Waals surface area contributed by atoms with Crippen molar-refractivity contribution in [2.75, 3.05) is 0 Å². The summed E-state index contributed by atoms with van der Waals surface area (Å²) >= 11 is -2.02. The van der Waals surface area contributed by atoms with E-state index >= 15 is 0 Å². The van der Waals surface area contributed by atoms with Crippen LogP contribution in [0, 0.1) is 13.8 Å². The monoisotopic (exact) mass is 273 g/mol. The van der Waals surface area contributed by atoms with Crippen LogP contribution in [0.15, 0.2) is 0 Å². The lowest BCUT2D eigenvalue weighted by molar-refractivity contribution is 0.546. The molecule has 104 valence electrons. The second-order valence-electron chi connectivity index (χ2n) is 3.95. The first-order valence-electron chi connectivity index (χ1n) is 6.10. The van der Waals surface area contributed by atoms with Gasteiger partial charge in [0.05, 0.1) is 6.54 Å². The summed E-state index contributed by atoms with van der Waals surface area (Å²) in [7, 11) is 0. The molecular formula is C12H23N3O2S. The lowest BCUT2D eigenvalue weighted by atomic mass is 10.0. The molecule has 0 aliphatic carbocycles. The summed E-state index contributed by atoms with van der Waals surface area (Å²) in [5.74, 6) is 0.927. The van der Waals surface area contributed by atoms with Crippen LogP contribution >= 0.6 is 0 Å². The third-order valence-electron chi connectivity index (χ3n) is 2.30. The quantitative estimate of drug-likeness (QED) is 0.826. The van der Waals surface area contributed by atoms with Crippen molar-refractivity contribution in [3.8, 4) is 0 Å². The molecule has 1 heterocycles. The van der Waals surface area contributed by atoms with Gasteiger partial charge in [-0.2, -0.15) is 0 Å². The maximum absolute atomic E-state index is 10.5. The van der Waals surface area contributed by atoms with E-state index in [-0.39, 0.29) is 6.54 Å². The molecule has 0 fully saturated rings. The number of hydrogen-bond acceptors (Lipinski definition) is 3. The van der Waals surface area contributed by atoms with Gasteiger partial charge in [0.25, 0.3) is 0 Å². The molecule has 0 aromatic carbocycles. The Kier molecular flexibility index (Phi) is 7.90. The zero-order valence-electron chi connectivity index (χ0n) is 11.9. The van der Waals surface area contributed by atoms with Crippen molar-refractivity contribution in [3.05, 3.63) is 22.8 Å². The summed E-state index contributed by atoms with van der Waals surface area (Å²) in [6.45, 7) is 12.3. The van der Waals surface area contributed by atoms with Crippen LogP contribution in [-0.2, 0) is 17.8 Å². The Balaban J connectivity index is 0.00000137. The minimum Gasteiger partial charge on any atom is -0.294 e. The number of aromatic nitrogens is 2. The lowest BCUT2D eigenvalue weighted by Gasteiger charge is -2.13. The Labute approximate surface area is 112 Å². The molecule has 0 saturated carbocycles. The number of hydrogen-bond donors (Lipinski definition) is 2. The van der Waals surface area contributed by atoms with E-state index in [9.17, 15) is 4.21 Å². The summed E-state index contributed by atoms with van der Waals surface area (Å²) in [6.07, 6.45) is 0. The Morgan fingerprint density at radius 1 is 1.22 bits per heavy atom. The molecule has 0 aliphatic rings. The summed E-state index contributed by atoms with van der Waals surface area (Å²) in [5, 5.41) is 0. The maximum atomic E-state index is 10.5. The van der Waals surface area contributed by atoms with E-state index in [0.29, 0.717) is 11.7 Å². The highest BCUT2D eigenvalue weighted by molar-refractivity contribution is 7.77. The van der Waals surface area contributed by atoms with Gasteiger partial charge >= 0.3 is 0 Å². The lowest BCUT2D eigenvalue weighted by Crippen LogP contribution is -2.18. The Hall–Kier alpha value is -0.850. The molecular weight excluding hydrogens is 250 g/mol. The van der Waals surface area contributed by atoms with Crippen molar-refractivity contribution < 1.29 is 8.76 Å². The Bertz CT molecular complexity index is 385. The molecule has 5 nitrogen and oxygen atoms in total. The van der Waals surface area contributed by atoms with Crippen molar-refractivity contribution in [2.45, 2.75) is 54.0 Å². The molecule has 1 unspecified atom stereocenters. The van der Waals surface area contributed by atoms with E-state index in [2.05, 4.69) is 28.5 Å². The molecule has 1 aromatic rings. The van der Waals surface area contributed by atoms with E-state index in [1.165, 1.54) is 0 Å². The van der Waals surface area contributed by atoms with Crippen LogP contribution in [0.25, 0.3) is 0 Å². The molecule has 1 rings (SSSR count). The average Bonchev–Trinajstić information content (AvgIpc) is 2.27. The summed E-state index contributed by atoms with van der Waals surface area (Å²) in [6, 6.07) is 0. The van der Waals surface area contributed by atoms with Crippen LogP contribution < -0.4 is 4.72 Å². The van der Waals surface area contributed by atoms with E-state index in [4.69, 9.17) is 4.55 Å². The van der Waals surface area contributed by atoms with Gasteiger partial charge in [0.1, 0.15) is 5.82 Å². The summed E-state index contributed by atoms with van der Waals surface area (Å²) in [4.78, 5) is 8.62. The van der Waals surface area contributed by atoms with Crippen LogP contribution in [0.2, 0.25) is 0 Å². The van der Waals surface area contributed by atoms with Crippen molar-refractivity contribution in [1.29, 1.82) is 0 Å². The van der Waals surface area contributed by atoms with Crippen molar-refractivity contribution in [2.24, 2.45) is 0 Å². The fourth-order valence-electron chi connectivity index (χ4n) is 1.84. The third kappa shape index (κ3) is 5.20. The van der Waals surface area contributed by atoms with Crippen LogP contribution in [-0.4, -0.2) is 18.7 Å². The minimum atomic E-state index is -2.02. The molecule has 0 aliphatic heterocycles. The third-order valence-corrected chi connectivity index (χ3v) is 2.70. The molecule has 0 radical (unpaired) electrons.